The van der Waals surface area contributed by atoms with Gasteiger partial charge >= 0.3 is 0 Å². The first-order valence-electron chi connectivity index (χ1n) is 6.93. The van der Waals surface area contributed by atoms with Gasteiger partial charge in [-0.05, 0) is 36.4 Å². The molecule has 6 nitrogen and oxygen atoms in total. The van der Waals surface area contributed by atoms with Gasteiger partial charge in [-0.15, -0.1) is 0 Å². The van der Waals surface area contributed by atoms with Gasteiger partial charge < -0.3 is 5.32 Å². The number of hydrogen-bond donors (Lipinski definition) is 1. The summed E-state index contributed by atoms with van der Waals surface area (Å²) in [5, 5.41) is 11.3. The highest BCUT2D eigenvalue weighted by Gasteiger charge is 2.21. The zero-order valence-corrected chi connectivity index (χ0v) is 15.4. The SMILES string of the molecule is CS(=O)(=O)N(CC(=O)Nc1ccc(Br)cc1F)c1cccc(C#N)c1. The molecule has 0 aliphatic carbocycles. The summed E-state index contributed by atoms with van der Waals surface area (Å²) in [6.45, 7) is -0.552. The number of rotatable bonds is 5. The molecular weight excluding hydrogens is 413 g/mol. The molecule has 0 heterocycles. The summed E-state index contributed by atoms with van der Waals surface area (Å²) in [4.78, 5) is 12.2. The highest BCUT2D eigenvalue weighted by molar-refractivity contribution is 9.10. The third kappa shape index (κ3) is 5.01. The van der Waals surface area contributed by atoms with E-state index in [-0.39, 0.29) is 16.9 Å². The summed E-state index contributed by atoms with van der Waals surface area (Å²) < 4.78 is 39.2. The van der Waals surface area contributed by atoms with Crippen molar-refractivity contribution in [2.45, 2.75) is 0 Å². The van der Waals surface area contributed by atoms with Gasteiger partial charge in [-0.2, -0.15) is 5.26 Å². The lowest BCUT2D eigenvalue weighted by Crippen LogP contribution is -2.37. The van der Waals surface area contributed by atoms with Crippen LogP contribution in [0.5, 0.6) is 0 Å². The molecule has 9 heteroatoms. The number of anilines is 2. The molecule has 0 bridgehead atoms. The minimum Gasteiger partial charge on any atom is -0.322 e. The number of carbonyl (C=O) groups is 1. The number of amides is 1. The number of nitrogens with zero attached hydrogens (tertiary/aromatic N) is 2. The summed E-state index contributed by atoms with van der Waals surface area (Å²) in [5.41, 5.74) is 0.367. The number of benzene rings is 2. The largest absolute Gasteiger partial charge is 0.322 e. The predicted octanol–water partition coefficient (Wildman–Crippen LogP) is 2.86. The van der Waals surface area contributed by atoms with Crippen LogP contribution >= 0.6 is 15.9 Å². The van der Waals surface area contributed by atoms with Crippen LogP contribution in [0.3, 0.4) is 0 Å². The van der Waals surface area contributed by atoms with E-state index in [0.717, 1.165) is 10.6 Å². The Hall–Kier alpha value is -2.44. The van der Waals surface area contributed by atoms with Crippen molar-refractivity contribution < 1.29 is 17.6 Å². The van der Waals surface area contributed by atoms with E-state index in [4.69, 9.17) is 5.26 Å². The lowest BCUT2D eigenvalue weighted by atomic mass is 10.2. The van der Waals surface area contributed by atoms with Crippen LogP contribution in [0.15, 0.2) is 46.9 Å². The van der Waals surface area contributed by atoms with E-state index in [2.05, 4.69) is 21.2 Å². The van der Waals surface area contributed by atoms with Crippen molar-refractivity contribution in [1.29, 1.82) is 5.26 Å². The van der Waals surface area contributed by atoms with Gasteiger partial charge in [0, 0.05) is 4.47 Å². The van der Waals surface area contributed by atoms with Crippen LogP contribution in [-0.2, 0) is 14.8 Å². The Labute approximate surface area is 153 Å². The first kappa shape index (κ1) is 18.9. The van der Waals surface area contributed by atoms with Crippen molar-refractivity contribution in [3.8, 4) is 6.07 Å². The quantitative estimate of drug-likeness (QED) is 0.796. The second-order valence-electron chi connectivity index (χ2n) is 5.10. The zero-order chi connectivity index (χ0) is 18.6. The molecule has 0 aromatic heterocycles. The molecule has 0 aliphatic heterocycles. The molecule has 0 radical (unpaired) electrons. The van der Waals surface area contributed by atoms with Gasteiger partial charge in [0.05, 0.1) is 29.3 Å². The van der Waals surface area contributed by atoms with Gasteiger partial charge in [-0.1, -0.05) is 22.0 Å². The van der Waals surface area contributed by atoms with Crippen LogP contribution in [0.25, 0.3) is 0 Å². The van der Waals surface area contributed by atoms with E-state index in [9.17, 15) is 17.6 Å². The van der Waals surface area contributed by atoms with Crippen molar-refractivity contribution >= 4 is 43.2 Å². The van der Waals surface area contributed by atoms with Gasteiger partial charge in [0.25, 0.3) is 0 Å². The monoisotopic (exact) mass is 425 g/mol. The van der Waals surface area contributed by atoms with Gasteiger partial charge in [-0.25, -0.2) is 12.8 Å². The Morgan fingerprint density at radius 1 is 1.32 bits per heavy atom. The van der Waals surface area contributed by atoms with E-state index in [1.807, 2.05) is 6.07 Å². The van der Waals surface area contributed by atoms with Crippen LogP contribution in [0, 0.1) is 17.1 Å². The first-order valence-corrected chi connectivity index (χ1v) is 9.57. The molecule has 2 aromatic carbocycles. The normalized spacial score (nSPS) is 10.8. The van der Waals surface area contributed by atoms with Crippen LogP contribution in [0.4, 0.5) is 15.8 Å². The van der Waals surface area contributed by atoms with Crippen LogP contribution in [-0.4, -0.2) is 27.1 Å². The Bertz CT molecular complexity index is 957. The highest BCUT2D eigenvalue weighted by Crippen LogP contribution is 2.21. The lowest BCUT2D eigenvalue weighted by Gasteiger charge is -2.22. The Balaban J connectivity index is 2.25. The van der Waals surface area contributed by atoms with Crippen molar-refractivity contribution in [3.63, 3.8) is 0 Å². The maximum Gasteiger partial charge on any atom is 0.245 e. The Morgan fingerprint density at radius 2 is 2.04 bits per heavy atom. The number of nitriles is 1. The molecule has 1 amide bonds. The number of hydrogen-bond acceptors (Lipinski definition) is 4. The predicted molar refractivity (Wildman–Crippen MR) is 96.1 cm³/mol. The Kier molecular flexibility index (Phi) is 5.77. The Morgan fingerprint density at radius 3 is 2.64 bits per heavy atom. The topological polar surface area (TPSA) is 90.3 Å². The van der Waals surface area contributed by atoms with Gasteiger partial charge in [0.2, 0.25) is 15.9 Å². The summed E-state index contributed by atoms with van der Waals surface area (Å²) in [6.07, 6.45) is 0.944. The van der Waals surface area contributed by atoms with Gasteiger partial charge in [0.15, 0.2) is 0 Å². The third-order valence-corrected chi connectivity index (χ3v) is 4.79. The molecule has 0 fully saturated rings. The average molecular weight is 426 g/mol. The lowest BCUT2D eigenvalue weighted by molar-refractivity contribution is -0.114. The maximum absolute atomic E-state index is 13.8. The molecule has 25 heavy (non-hydrogen) atoms. The van der Waals surface area contributed by atoms with Crippen molar-refractivity contribution in [1.82, 2.24) is 0 Å². The average Bonchev–Trinajstić information content (AvgIpc) is 2.54. The summed E-state index contributed by atoms with van der Waals surface area (Å²) >= 11 is 3.11. The molecule has 2 rings (SSSR count). The summed E-state index contributed by atoms with van der Waals surface area (Å²) in [5.74, 6) is -1.37. The van der Waals surface area contributed by atoms with Crippen molar-refractivity contribution in [2.75, 3.05) is 22.4 Å². The minimum absolute atomic E-state index is 0.0626. The third-order valence-electron chi connectivity index (χ3n) is 3.16. The van der Waals surface area contributed by atoms with E-state index in [0.29, 0.717) is 4.47 Å². The number of carbonyl (C=O) groups excluding carboxylic acids is 1. The van der Waals surface area contributed by atoms with Gasteiger partial charge in [-0.3, -0.25) is 9.10 Å². The van der Waals surface area contributed by atoms with E-state index in [1.165, 1.54) is 36.4 Å². The smallest absolute Gasteiger partial charge is 0.245 e. The molecule has 0 aliphatic rings. The fourth-order valence-electron chi connectivity index (χ4n) is 2.04. The fraction of sp³-hybridized carbons (Fsp3) is 0.125. The zero-order valence-electron chi connectivity index (χ0n) is 13.0. The van der Waals surface area contributed by atoms with Crippen LogP contribution in [0.1, 0.15) is 5.56 Å². The molecule has 130 valence electrons. The molecule has 0 saturated carbocycles. The maximum atomic E-state index is 13.8. The first-order chi connectivity index (χ1) is 11.7. The van der Waals surface area contributed by atoms with E-state index < -0.39 is 28.3 Å². The number of sulfonamides is 1. The molecule has 2 aromatic rings. The highest BCUT2D eigenvalue weighted by atomic mass is 79.9. The number of nitrogens with one attached hydrogen (secondary N) is 1. The molecule has 0 atom stereocenters. The van der Waals surface area contributed by atoms with Crippen molar-refractivity contribution in [2.24, 2.45) is 0 Å². The van der Waals surface area contributed by atoms with E-state index in [1.54, 1.807) is 6.07 Å². The summed E-state index contributed by atoms with van der Waals surface area (Å²) in [6, 6.07) is 11.8. The molecular formula is C16H13BrFN3O3S. The fourth-order valence-corrected chi connectivity index (χ4v) is 3.22. The van der Waals surface area contributed by atoms with Crippen molar-refractivity contribution in [3.05, 3.63) is 58.3 Å². The number of halogens is 2. The molecule has 0 unspecified atom stereocenters. The minimum atomic E-state index is -3.79. The van der Waals surface area contributed by atoms with Gasteiger partial charge in [0.1, 0.15) is 12.4 Å². The van der Waals surface area contributed by atoms with Crippen LogP contribution in [0.2, 0.25) is 0 Å². The van der Waals surface area contributed by atoms with Crippen LogP contribution < -0.4 is 9.62 Å². The summed E-state index contributed by atoms with van der Waals surface area (Å²) in [7, 11) is -3.79. The molecule has 1 N–H and O–H groups in total. The molecule has 0 saturated heterocycles. The second kappa shape index (κ2) is 7.63. The molecule has 0 spiro atoms. The standard InChI is InChI=1S/C16H13BrFN3O3S/c1-25(23,24)21(13-4-2-3-11(7-13)9-19)10-16(22)20-15-6-5-12(17)8-14(15)18/h2-8H,10H2,1H3,(H,20,22). The second-order valence-corrected chi connectivity index (χ2v) is 7.93. The van der Waals surface area contributed by atoms with E-state index >= 15 is 0 Å².